The van der Waals surface area contributed by atoms with Gasteiger partial charge >= 0.3 is 0 Å². The molecule has 1 fully saturated rings. The minimum atomic E-state index is -0.495. The van der Waals surface area contributed by atoms with Crippen LogP contribution in [0.5, 0.6) is 0 Å². The van der Waals surface area contributed by atoms with Gasteiger partial charge in [0.15, 0.2) is 0 Å². The quantitative estimate of drug-likeness (QED) is 0.895. The van der Waals surface area contributed by atoms with E-state index in [9.17, 15) is 9.90 Å². The number of hydrogen-bond acceptors (Lipinski definition) is 5. The molecule has 0 saturated carbocycles. The van der Waals surface area contributed by atoms with E-state index in [0.717, 1.165) is 35.7 Å². The van der Waals surface area contributed by atoms with E-state index in [1.165, 1.54) is 0 Å². The summed E-state index contributed by atoms with van der Waals surface area (Å²) in [5, 5.41) is 14.2. The van der Waals surface area contributed by atoms with Crippen molar-refractivity contribution in [3.05, 3.63) is 52.9 Å². The van der Waals surface area contributed by atoms with Crippen LogP contribution in [0.1, 0.15) is 28.7 Å². The van der Waals surface area contributed by atoms with Crippen molar-refractivity contribution in [2.24, 2.45) is 0 Å². The van der Waals surface area contributed by atoms with Crippen LogP contribution in [0.15, 0.2) is 34.9 Å². The summed E-state index contributed by atoms with van der Waals surface area (Å²) in [6.07, 6.45) is -0.154. The van der Waals surface area contributed by atoms with Gasteiger partial charge in [-0.25, -0.2) is 0 Å². The summed E-state index contributed by atoms with van der Waals surface area (Å²) in [5.41, 5.74) is 2.61. The number of piperazine rings is 1. The van der Waals surface area contributed by atoms with E-state index >= 15 is 0 Å². The molecule has 2 heterocycles. The molecule has 1 amide bonds. The number of carbonyl (C=O) groups excluding carboxylic acids is 1. The van der Waals surface area contributed by atoms with Crippen molar-refractivity contribution >= 4 is 5.91 Å². The molecule has 3 rings (SSSR count). The SMILES string of the molecule is Cc1noc(C)c1CC(=O)N1CCN(CC(O)c2ccccc2)CC1. The van der Waals surface area contributed by atoms with E-state index in [4.69, 9.17) is 4.52 Å². The topological polar surface area (TPSA) is 69.8 Å². The fourth-order valence-corrected chi connectivity index (χ4v) is 3.22. The van der Waals surface area contributed by atoms with Crippen LogP contribution in [-0.4, -0.2) is 58.7 Å². The Labute approximate surface area is 148 Å². The van der Waals surface area contributed by atoms with Crippen molar-refractivity contribution < 1.29 is 14.4 Å². The molecule has 6 heteroatoms. The zero-order valence-corrected chi connectivity index (χ0v) is 14.8. The van der Waals surface area contributed by atoms with Crippen LogP contribution < -0.4 is 0 Å². The summed E-state index contributed by atoms with van der Waals surface area (Å²) in [6, 6.07) is 9.69. The van der Waals surface area contributed by atoms with E-state index < -0.39 is 6.10 Å². The van der Waals surface area contributed by atoms with Crippen LogP contribution in [0.2, 0.25) is 0 Å². The summed E-state index contributed by atoms with van der Waals surface area (Å²) in [4.78, 5) is 16.6. The third-order valence-electron chi connectivity index (χ3n) is 4.85. The van der Waals surface area contributed by atoms with Crippen LogP contribution in [0.3, 0.4) is 0 Å². The van der Waals surface area contributed by atoms with Gasteiger partial charge in [0.1, 0.15) is 5.76 Å². The molecule has 1 saturated heterocycles. The molecule has 134 valence electrons. The van der Waals surface area contributed by atoms with Crippen molar-refractivity contribution in [1.29, 1.82) is 0 Å². The number of aliphatic hydroxyl groups is 1. The number of benzene rings is 1. The molecule has 1 atom stereocenters. The Hall–Kier alpha value is -2.18. The Morgan fingerprint density at radius 1 is 1.20 bits per heavy atom. The molecule has 1 aliphatic heterocycles. The molecule has 2 aromatic rings. The fraction of sp³-hybridized carbons (Fsp3) is 0.474. The maximum Gasteiger partial charge on any atom is 0.227 e. The smallest absolute Gasteiger partial charge is 0.227 e. The molecular formula is C19H25N3O3. The molecule has 1 N–H and O–H groups in total. The molecular weight excluding hydrogens is 318 g/mol. The van der Waals surface area contributed by atoms with Gasteiger partial charge in [-0.15, -0.1) is 0 Å². The zero-order chi connectivity index (χ0) is 17.8. The maximum atomic E-state index is 12.5. The molecule has 1 aliphatic rings. The third-order valence-corrected chi connectivity index (χ3v) is 4.85. The van der Waals surface area contributed by atoms with Crippen molar-refractivity contribution in [3.63, 3.8) is 0 Å². The van der Waals surface area contributed by atoms with Crippen molar-refractivity contribution in [2.75, 3.05) is 32.7 Å². The van der Waals surface area contributed by atoms with Gasteiger partial charge < -0.3 is 14.5 Å². The lowest BCUT2D eigenvalue weighted by Crippen LogP contribution is -2.50. The molecule has 6 nitrogen and oxygen atoms in total. The van der Waals surface area contributed by atoms with Crippen LogP contribution in [0.4, 0.5) is 0 Å². The first-order valence-electron chi connectivity index (χ1n) is 8.69. The maximum absolute atomic E-state index is 12.5. The highest BCUT2D eigenvalue weighted by atomic mass is 16.5. The zero-order valence-electron chi connectivity index (χ0n) is 14.8. The lowest BCUT2D eigenvalue weighted by Gasteiger charge is -2.35. The van der Waals surface area contributed by atoms with E-state index in [1.807, 2.05) is 49.1 Å². The Balaban J connectivity index is 1.49. The first kappa shape index (κ1) is 17.6. The number of aliphatic hydroxyl groups excluding tert-OH is 1. The van der Waals surface area contributed by atoms with Gasteiger partial charge in [0.2, 0.25) is 5.91 Å². The molecule has 1 aromatic heterocycles. The average molecular weight is 343 g/mol. The van der Waals surface area contributed by atoms with E-state index in [1.54, 1.807) is 0 Å². The highest BCUT2D eigenvalue weighted by Gasteiger charge is 2.24. The first-order chi connectivity index (χ1) is 12.0. The molecule has 1 unspecified atom stereocenters. The highest BCUT2D eigenvalue weighted by molar-refractivity contribution is 5.79. The molecule has 25 heavy (non-hydrogen) atoms. The lowest BCUT2D eigenvalue weighted by atomic mass is 10.1. The van der Waals surface area contributed by atoms with Crippen LogP contribution in [-0.2, 0) is 11.2 Å². The van der Waals surface area contributed by atoms with Gasteiger partial charge in [0, 0.05) is 38.3 Å². The van der Waals surface area contributed by atoms with Gasteiger partial charge in [-0.3, -0.25) is 9.69 Å². The van der Waals surface area contributed by atoms with Crippen molar-refractivity contribution in [1.82, 2.24) is 15.0 Å². The van der Waals surface area contributed by atoms with Crippen molar-refractivity contribution in [2.45, 2.75) is 26.4 Å². The van der Waals surface area contributed by atoms with Gasteiger partial charge in [0.05, 0.1) is 18.2 Å². The number of nitrogens with zero attached hydrogens (tertiary/aromatic N) is 3. The minimum absolute atomic E-state index is 0.109. The summed E-state index contributed by atoms with van der Waals surface area (Å²) in [7, 11) is 0. The number of rotatable bonds is 5. The summed E-state index contributed by atoms with van der Waals surface area (Å²) in [6.45, 7) is 7.21. The normalized spacial score (nSPS) is 16.8. The number of aromatic nitrogens is 1. The Morgan fingerprint density at radius 2 is 1.88 bits per heavy atom. The summed E-state index contributed by atoms with van der Waals surface area (Å²) < 4.78 is 5.13. The van der Waals surface area contributed by atoms with Crippen molar-refractivity contribution in [3.8, 4) is 0 Å². The summed E-state index contributed by atoms with van der Waals surface area (Å²) in [5.74, 6) is 0.827. The molecule has 0 spiro atoms. The summed E-state index contributed by atoms with van der Waals surface area (Å²) >= 11 is 0. The monoisotopic (exact) mass is 343 g/mol. The third kappa shape index (κ3) is 4.27. The number of hydrogen-bond donors (Lipinski definition) is 1. The fourth-order valence-electron chi connectivity index (χ4n) is 3.22. The number of carbonyl (C=O) groups is 1. The van der Waals surface area contributed by atoms with E-state index in [-0.39, 0.29) is 5.91 Å². The van der Waals surface area contributed by atoms with Crippen LogP contribution in [0, 0.1) is 13.8 Å². The minimum Gasteiger partial charge on any atom is -0.387 e. The van der Waals surface area contributed by atoms with E-state index in [2.05, 4.69) is 10.1 Å². The van der Waals surface area contributed by atoms with Gasteiger partial charge in [-0.05, 0) is 19.4 Å². The second-order valence-electron chi connectivity index (χ2n) is 6.59. The predicted molar refractivity (Wildman–Crippen MR) is 94.1 cm³/mol. The molecule has 0 aliphatic carbocycles. The highest BCUT2D eigenvalue weighted by Crippen LogP contribution is 2.17. The van der Waals surface area contributed by atoms with Crippen LogP contribution >= 0.6 is 0 Å². The van der Waals surface area contributed by atoms with Gasteiger partial charge in [-0.2, -0.15) is 0 Å². The Bertz CT molecular complexity index is 686. The average Bonchev–Trinajstić information content (AvgIpc) is 2.95. The molecule has 0 radical (unpaired) electrons. The molecule has 0 bridgehead atoms. The second-order valence-corrected chi connectivity index (χ2v) is 6.59. The largest absolute Gasteiger partial charge is 0.387 e. The Morgan fingerprint density at radius 3 is 2.48 bits per heavy atom. The first-order valence-corrected chi connectivity index (χ1v) is 8.69. The van der Waals surface area contributed by atoms with E-state index in [0.29, 0.717) is 26.1 Å². The second kappa shape index (κ2) is 7.80. The number of β-amino-alcohol motifs (C(OH)–C–C–N with tert-alkyl or cyclic N) is 1. The number of amides is 1. The standard InChI is InChI=1S/C19H25N3O3/c1-14-17(15(2)25-20-14)12-19(24)22-10-8-21(9-11-22)13-18(23)16-6-4-3-5-7-16/h3-7,18,23H,8-13H2,1-2H3. The predicted octanol–water partition coefficient (Wildman–Crippen LogP) is 1.71. The van der Waals surface area contributed by atoms with Crippen LogP contribution in [0.25, 0.3) is 0 Å². The number of aryl methyl sites for hydroxylation is 2. The van der Waals surface area contributed by atoms with Gasteiger partial charge in [0.25, 0.3) is 0 Å². The lowest BCUT2D eigenvalue weighted by molar-refractivity contribution is -0.132. The van der Waals surface area contributed by atoms with Gasteiger partial charge in [-0.1, -0.05) is 35.5 Å². The Kier molecular flexibility index (Phi) is 5.50. The molecule has 1 aromatic carbocycles.